The lowest BCUT2D eigenvalue weighted by Gasteiger charge is -2.41. The number of ether oxygens (including phenoxy) is 1. The molecule has 0 aliphatic carbocycles. The first-order valence-corrected chi connectivity index (χ1v) is 11.9. The van der Waals surface area contributed by atoms with Gasteiger partial charge in [-0.25, -0.2) is 5.10 Å². The molecule has 0 bridgehead atoms. The van der Waals surface area contributed by atoms with Gasteiger partial charge in [0.15, 0.2) is 11.4 Å². The summed E-state index contributed by atoms with van der Waals surface area (Å²) in [5.74, 6) is -1.44. The number of nitrogens with zero attached hydrogens (tertiary/aromatic N) is 3. The van der Waals surface area contributed by atoms with Crippen molar-refractivity contribution >= 4 is 17.1 Å². The highest BCUT2D eigenvalue weighted by molar-refractivity contribution is 6.27. The minimum atomic E-state index is -5.08. The van der Waals surface area contributed by atoms with Crippen LogP contribution in [-0.2, 0) is 16.8 Å². The molecule has 1 unspecified atom stereocenters. The molecule has 16 heteroatoms. The Hall–Kier alpha value is -4.11. The van der Waals surface area contributed by atoms with Gasteiger partial charge in [-0.05, 0) is 51.2 Å². The molecule has 41 heavy (non-hydrogen) atoms. The lowest BCUT2D eigenvalue weighted by molar-refractivity contribution is -0.201. The van der Waals surface area contributed by atoms with Gasteiger partial charge in [-0.3, -0.25) is 4.79 Å². The number of hydrogen-bond donors (Lipinski definition) is 2. The van der Waals surface area contributed by atoms with Crippen molar-refractivity contribution in [2.45, 2.75) is 49.8 Å². The van der Waals surface area contributed by atoms with Crippen LogP contribution in [-0.4, -0.2) is 51.7 Å². The fourth-order valence-electron chi connectivity index (χ4n) is 4.42. The SMILES string of the molecule is O=C1NC(c2ccc(OCCCC(F)(F)F)cc2)(C(F)(F)F)CC(c2ccc(CC(F)(F)F)cc2)=C1c1nnn[nH]1. The Morgan fingerprint density at radius 1 is 0.878 bits per heavy atom. The summed E-state index contributed by atoms with van der Waals surface area (Å²) in [6, 6.07) is 8.87. The summed E-state index contributed by atoms with van der Waals surface area (Å²) in [7, 11) is 0. The number of benzene rings is 2. The Labute approximate surface area is 225 Å². The standard InChI is InChI=1S/C25H20F9N5O2/c26-23(27,28)10-1-11-41-17-8-6-16(7-9-17)22(25(32,33)34)13-18(19(21(40)35-22)20-36-38-39-37-20)15-4-2-14(3-5-15)12-24(29,30)31/h2-9H,1,10-13H2,(H,35,40)(H,36,37,38,39). The van der Waals surface area contributed by atoms with E-state index < -0.39 is 54.8 Å². The zero-order valence-corrected chi connectivity index (χ0v) is 20.7. The second-order valence-corrected chi connectivity index (χ2v) is 9.22. The van der Waals surface area contributed by atoms with Crippen molar-refractivity contribution in [3.05, 3.63) is 71.0 Å². The average molecular weight is 593 g/mol. The van der Waals surface area contributed by atoms with Crippen LogP contribution in [0.15, 0.2) is 48.5 Å². The maximum Gasteiger partial charge on any atom is 0.416 e. The molecule has 3 aromatic rings. The smallest absolute Gasteiger partial charge is 0.416 e. The van der Waals surface area contributed by atoms with E-state index in [-0.39, 0.29) is 46.9 Å². The van der Waals surface area contributed by atoms with Crippen molar-refractivity contribution in [3.8, 4) is 5.75 Å². The Bertz CT molecular complexity index is 1380. The zero-order chi connectivity index (χ0) is 30.1. The summed E-state index contributed by atoms with van der Waals surface area (Å²) >= 11 is 0. The van der Waals surface area contributed by atoms with Crippen molar-refractivity contribution in [2.75, 3.05) is 6.61 Å². The number of halogens is 9. The maximum absolute atomic E-state index is 14.8. The molecule has 1 amide bonds. The molecule has 2 aromatic carbocycles. The average Bonchev–Trinajstić information content (AvgIpc) is 3.39. The number of amides is 1. The number of carbonyl (C=O) groups excluding carboxylic acids is 1. The van der Waals surface area contributed by atoms with Crippen LogP contribution >= 0.6 is 0 Å². The number of carbonyl (C=O) groups is 1. The van der Waals surface area contributed by atoms with Gasteiger partial charge in [0.05, 0.1) is 18.6 Å². The highest BCUT2D eigenvalue weighted by Gasteiger charge is 2.59. The minimum Gasteiger partial charge on any atom is -0.494 e. The van der Waals surface area contributed by atoms with Crippen LogP contribution < -0.4 is 10.1 Å². The molecule has 1 aliphatic heterocycles. The molecule has 1 aromatic heterocycles. The van der Waals surface area contributed by atoms with Crippen LogP contribution in [0.1, 0.15) is 41.8 Å². The minimum absolute atomic E-state index is 0.0137. The van der Waals surface area contributed by atoms with Gasteiger partial charge in [0.1, 0.15) is 5.75 Å². The maximum atomic E-state index is 14.8. The van der Waals surface area contributed by atoms with Crippen LogP contribution in [0.2, 0.25) is 0 Å². The first-order chi connectivity index (χ1) is 19.1. The predicted molar refractivity (Wildman–Crippen MR) is 125 cm³/mol. The van der Waals surface area contributed by atoms with E-state index in [1.807, 2.05) is 5.32 Å². The van der Waals surface area contributed by atoms with Gasteiger partial charge < -0.3 is 10.1 Å². The molecule has 2 N–H and O–H groups in total. The van der Waals surface area contributed by atoms with Crippen LogP contribution in [0.25, 0.3) is 11.1 Å². The van der Waals surface area contributed by atoms with E-state index in [9.17, 15) is 44.3 Å². The molecule has 0 fully saturated rings. The molecule has 2 heterocycles. The number of alkyl halides is 9. The third-order valence-electron chi connectivity index (χ3n) is 6.29. The van der Waals surface area contributed by atoms with E-state index in [0.29, 0.717) is 0 Å². The monoisotopic (exact) mass is 593 g/mol. The third kappa shape index (κ3) is 6.97. The lowest BCUT2D eigenvalue weighted by Crippen LogP contribution is -2.58. The predicted octanol–water partition coefficient (Wildman–Crippen LogP) is 5.91. The van der Waals surface area contributed by atoms with E-state index >= 15 is 0 Å². The second-order valence-electron chi connectivity index (χ2n) is 9.22. The molecular weight excluding hydrogens is 573 g/mol. The van der Waals surface area contributed by atoms with Crippen molar-refractivity contribution < 1.29 is 49.0 Å². The van der Waals surface area contributed by atoms with Crippen LogP contribution in [0.4, 0.5) is 39.5 Å². The van der Waals surface area contributed by atoms with E-state index in [1.54, 1.807) is 0 Å². The largest absolute Gasteiger partial charge is 0.494 e. The summed E-state index contributed by atoms with van der Waals surface area (Å²) in [6.07, 6.45) is -17.6. The fourth-order valence-corrected chi connectivity index (χ4v) is 4.42. The van der Waals surface area contributed by atoms with Gasteiger partial charge in [-0.1, -0.05) is 36.4 Å². The van der Waals surface area contributed by atoms with Crippen LogP contribution in [0.3, 0.4) is 0 Å². The molecule has 0 spiro atoms. The fraction of sp³-hybridized carbons (Fsp3) is 0.360. The van der Waals surface area contributed by atoms with Crippen molar-refractivity contribution in [3.63, 3.8) is 0 Å². The molecule has 0 saturated heterocycles. The number of H-pyrrole nitrogens is 1. The van der Waals surface area contributed by atoms with E-state index in [2.05, 4.69) is 20.6 Å². The molecule has 0 radical (unpaired) electrons. The molecule has 220 valence electrons. The van der Waals surface area contributed by atoms with Gasteiger partial charge in [0.25, 0.3) is 5.91 Å². The van der Waals surface area contributed by atoms with Crippen molar-refractivity contribution in [2.24, 2.45) is 0 Å². The van der Waals surface area contributed by atoms with E-state index in [4.69, 9.17) is 4.74 Å². The summed E-state index contributed by atoms with van der Waals surface area (Å²) in [6.45, 7) is -0.328. The van der Waals surface area contributed by atoms with Crippen LogP contribution in [0.5, 0.6) is 5.75 Å². The first-order valence-electron chi connectivity index (χ1n) is 11.9. The summed E-state index contributed by atoms with van der Waals surface area (Å²) in [4.78, 5) is 13.2. The summed E-state index contributed by atoms with van der Waals surface area (Å²) in [5, 5.41) is 14.7. The Balaban J connectivity index is 1.71. The summed E-state index contributed by atoms with van der Waals surface area (Å²) < 4.78 is 125. The number of rotatable bonds is 8. The van der Waals surface area contributed by atoms with Gasteiger partial charge in [-0.15, -0.1) is 5.10 Å². The van der Waals surface area contributed by atoms with Gasteiger partial charge >= 0.3 is 18.5 Å². The number of aromatic nitrogens is 4. The van der Waals surface area contributed by atoms with Gasteiger partial charge in [-0.2, -0.15) is 39.5 Å². The molecule has 0 saturated carbocycles. The van der Waals surface area contributed by atoms with Crippen molar-refractivity contribution in [1.29, 1.82) is 0 Å². The molecule has 1 atom stereocenters. The normalized spacial score (nSPS) is 18.4. The Kier molecular flexibility index (Phi) is 8.05. The quantitative estimate of drug-likeness (QED) is 0.250. The lowest BCUT2D eigenvalue weighted by atomic mass is 9.76. The topological polar surface area (TPSA) is 92.8 Å². The molecule has 1 aliphatic rings. The number of aromatic amines is 1. The van der Waals surface area contributed by atoms with Gasteiger partial charge in [0, 0.05) is 12.8 Å². The number of hydrogen-bond acceptors (Lipinski definition) is 5. The highest BCUT2D eigenvalue weighted by Crippen LogP contribution is 2.49. The molecule has 7 nitrogen and oxygen atoms in total. The highest BCUT2D eigenvalue weighted by atomic mass is 19.4. The number of nitrogens with one attached hydrogen (secondary N) is 2. The van der Waals surface area contributed by atoms with Crippen LogP contribution in [0, 0.1) is 0 Å². The number of tetrazole rings is 1. The van der Waals surface area contributed by atoms with Crippen molar-refractivity contribution in [1.82, 2.24) is 25.9 Å². The first kappa shape index (κ1) is 29.9. The summed E-state index contributed by atoms with van der Waals surface area (Å²) in [5.41, 5.74) is -4.02. The second kappa shape index (κ2) is 11.0. The molecule has 4 rings (SSSR count). The Morgan fingerprint density at radius 3 is 2.07 bits per heavy atom. The molecular formula is C25H20F9N5O2. The third-order valence-corrected chi connectivity index (χ3v) is 6.29. The van der Waals surface area contributed by atoms with E-state index in [0.717, 1.165) is 36.4 Å². The Morgan fingerprint density at radius 2 is 1.54 bits per heavy atom. The van der Waals surface area contributed by atoms with E-state index in [1.165, 1.54) is 12.1 Å². The van der Waals surface area contributed by atoms with Gasteiger partial charge in [0.2, 0.25) is 0 Å². The zero-order valence-electron chi connectivity index (χ0n) is 20.7.